The lowest BCUT2D eigenvalue weighted by atomic mass is 10.8. The SMILES string of the molecule is C[Si](C)(C)CCOCn1cc([N+](=O)[O-])nn1. The van der Waals surface area contributed by atoms with E-state index in [1.165, 1.54) is 10.9 Å². The lowest BCUT2D eigenvalue weighted by Gasteiger charge is -2.14. The van der Waals surface area contributed by atoms with Crippen LogP contribution in [0.2, 0.25) is 25.7 Å². The first-order valence-electron chi connectivity index (χ1n) is 5.01. The zero-order valence-electron chi connectivity index (χ0n) is 9.71. The van der Waals surface area contributed by atoms with E-state index in [0.29, 0.717) is 6.61 Å². The Labute approximate surface area is 94.6 Å². The third-order valence-electron chi connectivity index (χ3n) is 1.93. The standard InChI is InChI=1S/C8H16N4O3Si/c1-16(2,3)5-4-15-7-11-6-8(9-10-11)12(13)14/h6H,4-5,7H2,1-3H3. The Bertz CT molecular complexity index is 360. The largest absolute Gasteiger partial charge is 0.410 e. The van der Waals surface area contributed by atoms with Crippen molar-refractivity contribution in [2.75, 3.05) is 6.61 Å². The van der Waals surface area contributed by atoms with Gasteiger partial charge < -0.3 is 14.9 Å². The summed E-state index contributed by atoms with van der Waals surface area (Å²) in [4.78, 5) is 9.75. The molecule has 1 heterocycles. The van der Waals surface area contributed by atoms with E-state index in [9.17, 15) is 10.1 Å². The fourth-order valence-electron chi connectivity index (χ4n) is 0.971. The molecule has 0 aliphatic rings. The van der Waals surface area contributed by atoms with Crippen LogP contribution in [0.25, 0.3) is 0 Å². The van der Waals surface area contributed by atoms with Gasteiger partial charge in [-0.05, 0) is 11.0 Å². The van der Waals surface area contributed by atoms with Crippen LogP contribution in [0, 0.1) is 10.1 Å². The van der Waals surface area contributed by atoms with Crippen LogP contribution in [0.3, 0.4) is 0 Å². The molecule has 0 N–H and O–H groups in total. The fraction of sp³-hybridized carbons (Fsp3) is 0.750. The van der Waals surface area contributed by atoms with Crippen molar-refractivity contribution in [3.8, 4) is 0 Å². The van der Waals surface area contributed by atoms with Gasteiger partial charge in [-0.15, -0.1) is 0 Å². The minimum absolute atomic E-state index is 0.214. The number of hydrogen-bond acceptors (Lipinski definition) is 5. The van der Waals surface area contributed by atoms with Crippen molar-refractivity contribution < 1.29 is 9.66 Å². The number of hydrogen-bond donors (Lipinski definition) is 0. The van der Waals surface area contributed by atoms with E-state index in [2.05, 4.69) is 30.0 Å². The Morgan fingerprint density at radius 3 is 2.75 bits per heavy atom. The summed E-state index contributed by atoms with van der Waals surface area (Å²) in [6.45, 7) is 7.65. The first-order valence-corrected chi connectivity index (χ1v) is 8.71. The Morgan fingerprint density at radius 2 is 2.25 bits per heavy atom. The molecule has 0 fully saturated rings. The zero-order chi connectivity index (χ0) is 12.2. The van der Waals surface area contributed by atoms with Crippen LogP contribution in [0.15, 0.2) is 6.20 Å². The molecule has 0 atom stereocenters. The lowest BCUT2D eigenvalue weighted by Crippen LogP contribution is -2.22. The van der Waals surface area contributed by atoms with Gasteiger partial charge in [-0.1, -0.05) is 19.6 Å². The second kappa shape index (κ2) is 5.17. The van der Waals surface area contributed by atoms with Gasteiger partial charge in [0.05, 0.1) is 5.21 Å². The number of aromatic nitrogens is 3. The van der Waals surface area contributed by atoms with E-state index >= 15 is 0 Å². The second-order valence-electron chi connectivity index (χ2n) is 4.72. The molecular formula is C8H16N4O3Si. The van der Waals surface area contributed by atoms with E-state index in [1.54, 1.807) is 0 Å². The predicted molar refractivity (Wildman–Crippen MR) is 60.8 cm³/mol. The van der Waals surface area contributed by atoms with Gasteiger partial charge >= 0.3 is 5.82 Å². The van der Waals surface area contributed by atoms with Crippen LogP contribution in [-0.4, -0.2) is 34.6 Å². The van der Waals surface area contributed by atoms with Crippen molar-refractivity contribution in [2.24, 2.45) is 0 Å². The molecule has 1 aromatic heterocycles. The average Bonchev–Trinajstić information content (AvgIpc) is 2.59. The van der Waals surface area contributed by atoms with Gasteiger partial charge in [-0.3, -0.25) is 0 Å². The zero-order valence-corrected chi connectivity index (χ0v) is 10.7. The highest BCUT2D eigenvalue weighted by Gasteiger charge is 2.14. The van der Waals surface area contributed by atoms with Gasteiger partial charge in [0.2, 0.25) is 0 Å². The molecule has 0 aliphatic heterocycles. The molecule has 8 heteroatoms. The van der Waals surface area contributed by atoms with Gasteiger partial charge in [-0.2, -0.15) is 4.68 Å². The van der Waals surface area contributed by atoms with Crippen molar-refractivity contribution in [3.05, 3.63) is 16.3 Å². The summed E-state index contributed by atoms with van der Waals surface area (Å²) in [5.74, 6) is -0.256. The Kier molecular flexibility index (Phi) is 4.13. The minimum atomic E-state index is -1.09. The van der Waals surface area contributed by atoms with Crippen molar-refractivity contribution in [1.29, 1.82) is 0 Å². The summed E-state index contributed by atoms with van der Waals surface area (Å²) in [5, 5.41) is 17.3. The van der Waals surface area contributed by atoms with Crippen LogP contribution in [0.4, 0.5) is 5.82 Å². The van der Waals surface area contributed by atoms with E-state index < -0.39 is 13.0 Å². The van der Waals surface area contributed by atoms with Crippen LogP contribution >= 0.6 is 0 Å². The molecule has 0 saturated heterocycles. The van der Waals surface area contributed by atoms with Gasteiger partial charge in [0.25, 0.3) is 0 Å². The van der Waals surface area contributed by atoms with Crippen LogP contribution in [-0.2, 0) is 11.5 Å². The minimum Gasteiger partial charge on any atom is -0.359 e. The molecular weight excluding hydrogens is 228 g/mol. The van der Waals surface area contributed by atoms with Gasteiger partial charge in [0, 0.05) is 14.7 Å². The molecule has 1 rings (SSSR count). The van der Waals surface area contributed by atoms with Crippen LogP contribution < -0.4 is 0 Å². The van der Waals surface area contributed by atoms with Crippen LogP contribution in [0.5, 0.6) is 0 Å². The van der Waals surface area contributed by atoms with E-state index in [4.69, 9.17) is 4.74 Å². The summed E-state index contributed by atoms with van der Waals surface area (Å²) in [6, 6.07) is 1.06. The second-order valence-corrected chi connectivity index (χ2v) is 10.3. The molecule has 0 amide bonds. The highest BCUT2D eigenvalue weighted by atomic mass is 28.3. The molecule has 0 saturated carbocycles. The molecule has 0 spiro atoms. The lowest BCUT2D eigenvalue weighted by molar-refractivity contribution is -0.389. The Hall–Kier alpha value is -1.28. The van der Waals surface area contributed by atoms with Crippen molar-refractivity contribution >= 4 is 13.9 Å². The molecule has 7 nitrogen and oxygen atoms in total. The third-order valence-corrected chi connectivity index (χ3v) is 3.64. The average molecular weight is 244 g/mol. The maximum atomic E-state index is 10.3. The summed E-state index contributed by atoms with van der Waals surface area (Å²) in [7, 11) is -1.09. The maximum absolute atomic E-state index is 10.3. The number of ether oxygens (including phenoxy) is 1. The summed E-state index contributed by atoms with van der Waals surface area (Å²) < 4.78 is 6.68. The third kappa shape index (κ3) is 4.49. The number of nitro groups is 1. The summed E-state index contributed by atoms with van der Waals surface area (Å²) >= 11 is 0. The van der Waals surface area contributed by atoms with Crippen molar-refractivity contribution in [3.63, 3.8) is 0 Å². The molecule has 1 aromatic rings. The summed E-state index contributed by atoms with van der Waals surface area (Å²) in [5.41, 5.74) is 0. The monoisotopic (exact) mass is 244 g/mol. The van der Waals surface area contributed by atoms with Gasteiger partial charge in [-0.25, -0.2) is 0 Å². The van der Waals surface area contributed by atoms with Crippen molar-refractivity contribution in [1.82, 2.24) is 15.0 Å². The Balaban J connectivity index is 2.30. The smallest absolute Gasteiger partial charge is 0.359 e. The predicted octanol–water partition coefficient (Wildman–Crippen LogP) is 1.50. The molecule has 0 bridgehead atoms. The topological polar surface area (TPSA) is 83.1 Å². The molecule has 0 aliphatic carbocycles. The fourth-order valence-corrected chi connectivity index (χ4v) is 1.73. The quantitative estimate of drug-likeness (QED) is 0.328. The number of nitrogens with zero attached hydrogens (tertiary/aromatic N) is 4. The molecule has 90 valence electrons. The molecule has 0 radical (unpaired) electrons. The first-order chi connectivity index (χ1) is 7.38. The maximum Gasteiger partial charge on any atom is 0.410 e. The highest BCUT2D eigenvalue weighted by Crippen LogP contribution is 2.08. The summed E-state index contributed by atoms with van der Waals surface area (Å²) in [6.07, 6.45) is 1.26. The normalized spacial score (nSPS) is 11.7. The van der Waals surface area contributed by atoms with E-state index in [1.807, 2.05) is 0 Å². The molecule has 16 heavy (non-hydrogen) atoms. The van der Waals surface area contributed by atoms with Crippen LogP contribution in [0.1, 0.15) is 0 Å². The van der Waals surface area contributed by atoms with Gasteiger partial charge in [0.15, 0.2) is 0 Å². The highest BCUT2D eigenvalue weighted by molar-refractivity contribution is 6.76. The van der Waals surface area contributed by atoms with E-state index in [0.717, 1.165) is 6.04 Å². The molecule has 0 aromatic carbocycles. The van der Waals surface area contributed by atoms with Gasteiger partial charge in [0.1, 0.15) is 18.0 Å². The first kappa shape index (κ1) is 12.8. The van der Waals surface area contributed by atoms with E-state index in [-0.39, 0.29) is 12.5 Å². The Morgan fingerprint density at radius 1 is 1.56 bits per heavy atom. The number of rotatable bonds is 6. The molecule has 0 unspecified atom stereocenters. The van der Waals surface area contributed by atoms with Crippen molar-refractivity contribution in [2.45, 2.75) is 32.4 Å².